The molecule has 0 aromatic heterocycles. The van der Waals surface area contributed by atoms with Gasteiger partial charge in [-0.05, 0) is 23.3 Å². The highest BCUT2D eigenvalue weighted by Gasteiger charge is 2.29. The summed E-state index contributed by atoms with van der Waals surface area (Å²) in [5, 5.41) is 17.1. The molecular formula is C16H12ClN3O3. The van der Waals surface area contributed by atoms with Crippen LogP contribution in [0.15, 0.2) is 53.6 Å². The van der Waals surface area contributed by atoms with Gasteiger partial charge in [0, 0.05) is 23.6 Å². The second-order valence-corrected chi connectivity index (χ2v) is 5.55. The number of hydrazone groups is 1. The van der Waals surface area contributed by atoms with E-state index in [1.54, 1.807) is 24.3 Å². The third-order valence-corrected chi connectivity index (χ3v) is 3.95. The van der Waals surface area contributed by atoms with Crippen LogP contribution in [0.1, 0.15) is 23.6 Å². The fourth-order valence-electron chi connectivity index (χ4n) is 2.56. The van der Waals surface area contributed by atoms with Crippen molar-refractivity contribution in [3.8, 4) is 0 Å². The van der Waals surface area contributed by atoms with Crippen molar-refractivity contribution in [2.75, 3.05) is 0 Å². The number of benzene rings is 2. The third-order valence-electron chi connectivity index (χ3n) is 3.69. The Balaban J connectivity index is 1.91. The Morgan fingerprint density at radius 2 is 2.00 bits per heavy atom. The zero-order valence-corrected chi connectivity index (χ0v) is 12.7. The van der Waals surface area contributed by atoms with Crippen LogP contribution in [0.5, 0.6) is 0 Å². The molecule has 1 heterocycles. The van der Waals surface area contributed by atoms with Gasteiger partial charge in [-0.2, -0.15) is 5.10 Å². The maximum atomic E-state index is 11.3. The molecule has 1 unspecified atom stereocenters. The van der Waals surface area contributed by atoms with Gasteiger partial charge < -0.3 is 0 Å². The summed E-state index contributed by atoms with van der Waals surface area (Å²) < 4.78 is 0. The Labute approximate surface area is 137 Å². The zero-order valence-electron chi connectivity index (χ0n) is 11.9. The topological polar surface area (TPSA) is 75.8 Å². The van der Waals surface area contributed by atoms with Gasteiger partial charge in [-0.1, -0.05) is 35.9 Å². The highest BCUT2D eigenvalue weighted by molar-refractivity contribution is 6.30. The van der Waals surface area contributed by atoms with Gasteiger partial charge in [0.25, 0.3) is 5.69 Å². The second kappa shape index (κ2) is 6.18. The van der Waals surface area contributed by atoms with Gasteiger partial charge in [0.15, 0.2) is 0 Å². The van der Waals surface area contributed by atoms with Crippen molar-refractivity contribution < 1.29 is 9.72 Å². The van der Waals surface area contributed by atoms with Crippen molar-refractivity contribution in [1.29, 1.82) is 0 Å². The van der Waals surface area contributed by atoms with Gasteiger partial charge >= 0.3 is 0 Å². The predicted molar refractivity (Wildman–Crippen MR) is 86.3 cm³/mol. The normalized spacial score (nSPS) is 17.0. The van der Waals surface area contributed by atoms with E-state index in [1.165, 1.54) is 17.1 Å². The highest BCUT2D eigenvalue weighted by Crippen LogP contribution is 2.33. The highest BCUT2D eigenvalue weighted by atomic mass is 35.5. The molecule has 1 amide bonds. The van der Waals surface area contributed by atoms with Gasteiger partial charge in [-0.15, -0.1) is 0 Å². The van der Waals surface area contributed by atoms with Crippen LogP contribution >= 0.6 is 11.6 Å². The molecule has 0 saturated heterocycles. The number of halogens is 1. The molecule has 0 saturated carbocycles. The number of non-ortho nitro benzene ring substituents is 1. The van der Waals surface area contributed by atoms with Gasteiger partial charge in [-0.3, -0.25) is 14.9 Å². The first kappa shape index (κ1) is 15.2. The average Bonchev–Trinajstić information content (AvgIpc) is 3.00. The first-order valence-electron chi connectivity index (χ1n) is 6.90. The van der Waals surface area contributed by atoms with Gasteiger partial charge in [0.2, 0.25) is 6.41 Å². The number of hydrogen-bond acceptors (Lipinski definition) is 4. The maximum absolute atomic E-state index is 11.3. The van der Waals surface area contributed by atoms with Crippen molar-refractivity contribution in [2.45, 2.75) is 12.5 Å². The Hall–Kier alpha value is -2.73. The fourth-order valence-corrected chi connectivity index (χ4v) is 2.68. The van der Waals surface area contributed by atoms with E-state index < -0.39 is 4.92 Å². The number of nitro groups is 1. The maximum Gasteiger partial charge on any atom is 0.269 e. The minimum absolute atomic E-state index is 0.00621. The number of rotatable bonds is 4. The molecule has 2 aromatic carbocycles. The molecule has 1 atom stereocenters. The summed E-state index contributed by atoms with van der Waals surface area (Å²) in [5.74, 6) is 0. The predicted octanol–water partition coefficient (Wildman–Crippen LogP) is 3.56. The Bertz CT molecular complexity index is 789. The second-order valence-electron chi connectivity index (χ2n) is 5.11. The SMILES string of the molecule is O=CN1N=C(c2ccc(Cl)cc2)CC1c1cccc([N+](=O)[O-])c1. The summed E-state index contributed by atoms with van der Waals surface area (Å²) in [5.41, 5.74) is 2.28. The zero-order chi connectivity index (χ0) is 16.4. The van der Waals surface area contributed by atoms with Gasteiger partial charge in [0.05, 0.1) is 16.7 Å². The lowest BCUT2D eigenvalue weighted by atomic mass is 9.98. The van der Waals surface area contributed by atoms with E-state index in [2.05, 4.69) is 5.10 Å². The van der Waals surface area contributed by atoms with E-state index in [4.69, 9.17) is 11.6 Å². The van der Waals surface area contributed by atoms with Crippen molar-refractivity contribution >= 4 is 29.4 Å². The molecule has 0 radical (unpaired) electrons. The molecule has 0 aliphatic carbocycles. The van der Waals surface area contributed by atoms with Crippen LogP contribution in [0, 0.1) is 10.1 Å². The van der Waals surface area contributed by atoms with Crippen molar-refractivity contribution in [3.05, 3.63) is 74.8 Å². The molecule has 0 spiro atoms. The molecule has 0 bridgehead atoms. The Morgan fingerprint density at radius 1 is 1.26 bits per heavy atom. The molecule has 2 aromatic rings. The molecular weight excluding hydrogens is 318 g/mol. The monoisotopic (exact) mass is 329 g/mol. The van der Waals surface area contributed by atoms with Crippen LogP contribution in [0.2, 0.25) is 5.02 Å². The lowest BCUT2D eigenvalue weighted by Crippen LogP contribution is -2.17. The average molecular weight is 330 g/mol. The summed E-state index contributed by atoms with van der Waals surface area (Å²) in [7, 11) is 0. The number of hydrogen-bond donors (Lipinski definition) is 0. The lowest BCUT2D eigenvalue weighted by Gasteiger charge is -2.17. The first-order valence-corrected chi connectivity index (χ1v) is 7.27. The van der Waals surface area contributed by atoms with Gasteiger partial charge in [0.1, 0.15) is 0 Å². The van der Waals surface area contributed by atoms with Crippen molar-refractivity contribution in [1.82, 2.24) is 5.01 Å². The smallest absolute Gasteiger partial charge is 0.269 e. The van der Waals surface area contributed by atoms with E-state index in [0.717, 1.165) is 11.3 Å². The number of amides is 1. The lowest BCUT2D eigenvalue weighted by molar-refractivity contribution is -0.384. The van der Waals surface area contributed by atoms with Crippen molar-refractivity contribution in [2.24, 2.45) is 5.10 Å². The molecule has 1 aliphatic rings. The van der Waals surface area contributed by atoms with Crippen LogP contribution < -0.4 is 0 Å². The van der Waals surface area contributed by atoms with Crippen LogP contribution in [0.25, 0.3) is 0 Å². The van der Waals surface area contributed by atoms with Gasteiger partial charge in [-0.25, -0.2) is 5.01 Å². The number of nitrogens with zero attached hydrogens (tertiary/aromatic N) is 3. The molecule has 0 N–H and O–H groups in total. The molecule has 3 rings (SSSR count). The Kier molecular flexibility index (Phi) is 4.08. The summed E-state index contributed by atoms with van der Waals surface area (Å²) in [6, 6.07) is 13.1. The van der Waals surface area contributed by atoms with Crippen molar-refractivity contribution in [3.63, 3.8) is 0 Å². The van der Waals surface area contributed by atoms with E-state index in [-0.39, 0.29) is 11.7 Å². The molecule has 116 valence electrons. The third kappa shape index (κ3) is 3.07. The fraction of sp³-hybridized carbons (Fsp3) is 0.125. The van der Waals surface area contributed by atoms with Crippen LogP contribution in [-0.4, -0.2) is 22.1 Å². The molecule has 0 fully saturated rings. The summed E-state index contributed by atoms with van der Waals surface area (Å²) in [6.07, 6.45) is 1.12. The molecule has 6 nitrogen and oxygen atoms in total. The minimum Gasteiger partial charge on any atom is -0.277 e. The van der Waals surface area contributed by atoms with Crippen LogP contribution in [-0.2, 0) is 4.79 Å². The van der Waals surface area contributed by atoms with Crippen LogP contribution in [0.4, 0.5) is 5.69 Å². The largest absolute Gasteiger partial charge is 0.277 e. The van der Waals surface area contributed by atoms with E-state index in [9.17, 15) is 14.9 Å². The number of carbonyl (C=O) groups is 1. The molecule has 7 heteroatoms. The van der Waals surface area contributed by atoms with Crippen LogP contribution in [0.3, 0.4) is 0 Å². The van der Waals surface area contributed by atoms with E-state index in [0.29, 0.717) is 23.4 Å². The number of carbonyl (C=O) groups excluding carboxylic acids is 1. The number of nitro benzene ring substituents is 1. The van der Waals surface area contributed by atoms with E-state index >= 15 is 0 Å². The summed E-state index contributed by atoms with van der Waals surface area (Å²) in [6.45, 7) is 0. The first-order chi connectivity index (χ1) is 11.1. The minimum atomic E-state index is -0.454. The standard InChI is InChI=1S/C16H12ClN3O3/c17-13-6-4-11(5-7-13)15-9-16(19(10-21)18-15)12-2-1-3-14(8-12)20(22)23/h1-8,10,16H,9H2. The summed E-state index contributed by atoms with van der Waals surface area (Å²) >= 11 is 5.88. The van der Waals surface area contributed by atoms with E-state index in [1.807, 2.05) is 12.1 Å². The molecule has 23 heavy (non-hydrogen) atoms. The molecule has 1 aliphatic heterocycles. The summed E-state index contributed by atoms with van der Waals surface area (Å²) in [4.78, 5) is 21.8. The quantitative estimate of drug-likeness (QED) is 0.489. The Morgan fingerprint density at radius 3 is 2.65 bits per heavy atom.